The Kier molecular flexibility index (Phi) is 4.61. The van der Waals surface area contributed by atoms with Crippen LogP contribution in [0.1, 0.15) is 24.8 Å². The third-order valence-electron chi connectivity index (χ3n) is 5.33. The molecular formula is C20H22FN5O. The first-order valence-corrected chi connectivity index (χ1v) is 9.11. The van der Waals surface area contributed by atoms with E-state index in [1.165, 1.54) is 4.90 Å². The van der Waals surface area contributed by atoms with Crippen molar-refractivity contribution in [2.75, 3.05) is 13.1 Å². The van der Waals surface area contributed by atoms with Gasteiger partial charge in [-0.25, -0.2) is 4.39 Å². The van der Waals surface area contributed by atoms with Crippen LogP contribution in [0.5, 0.6) is 0 Å². The number of likely N-dealkylation sites (tertiary alicyclic amines) is 1. The second-order valence-corrected chi connectivity index (χ2v) is 7.12. The molecule has 0 spiro atoms. The van der Waals surface area contributed by atoms with Gasteiger partial charge in [0, 0.05) is 18.7 Å². The first kappa shape index (κ1) is 17.6. The fourth-order valence-corrected chi connectivity index (χ4v) is 3.53. The van der Waals surface area contributed by atoms with E-state index < -0.39 is 12.2 Å². The normalized spacial score (nSPS) is 19.4. The van der Waals surface area contributed by atoms with Gasteiger partial charge in [0.05, 0.1) is 12.6 Å². The molecule has 6 nitrogen and oxygen atoms in total. The number of rotatable bonds is 4. The van der Waals surface area contributed by atoms with Crippen LogP contribution in [0.25, 0.3) is 16.8 Å². The summed E-state index contributed by atoms with van der Waals surface area (Å²) in [6.07, 6.45) is 3.11. The number of aromatic nitrogens is 3. The van der Waals surface area contributed by atoms with E-state index in [1.54, 1.807) is 6.33 Å². The Morgan fingerprint density at radius 3 is 2.67 bits per heavy atom. The van der Waals surface area contributed by atoms with Gasteiger partial charge in [-0.05, 0) is 35.2 Å². The topological polar surface area (TPSA) is 76.5 Å². The van der Waals surface area contributed by atoms with Crippen molar-refractivity contribution < 1.29 is 9.18 Å². The lowest BCUT2D eigenvalue weighted by molar-refractivity contribution is -0.132. The van der Waals surface area contributed by atoms with E-state index in [1.807, 2.05) is 53.9 Å². The summed E-state index contributed by atoms with van der Waals surface area (Å²) in [7, 11) is 0. The Bertz CT molecular complexity index is 954. The van der Waals surface area contributed by atoms with Crippen molar-refractivity contribution >= 4 is 11.6 Å². The number of halogens is 1. The number of nitrogens with two attached hydrogens (primary N) is 1. The van der Waals surface area contributed by atoms with Gasteiger partial charge >= 0.3 is 0 Å². The molecule has 3 aromatic rings. The van der Waals surface area contributed by atoms with E-state index in [0.717, 1.165) is 22.3 Å². The lowest BCUT2D eigenvalue weighted by Crippen LogP contribution is -2.45. The van der Waals surface area contributed by atoms with Crippen molar-refractivity contribution in [1.29, 1.82) is 0 Å². The Morgan fingerprint density at radius 2 is 1.96 bits per heavy atom. The standard InChI is InChI=1S/C20H22FN5O/c1-13(19(22)20(27)25-9-8-17(21)11-25)14-2-4-15(5-3-14)16-6-7-18-24-23-12-26(18)10-16/h2-7,10,12-13,17,19H,8-9,11,22H2,1H3/t13-,17-,19-/m0/s1. The number of pyridine rings is 1. The summed E-state index contributed by atoms with van der Waals surface area (Å²) in [6, 6.07) is 11.3. The molecular weight excluding hydrogens is 345 g/mol. The van der Waals surface area contributed by atoms with E-state index in [4.69, 9.17) is 5.73 Å². The van der Waals surface area contributed by atoms with Gasteiger partial charge in [0.1, 0.15) is 12.5 Å². The SMILES string of the molecule is C[C@@H](c1ccc(-c2ccc3nncn3c2)cc1)[C@H](N)C(=O)N1CC[C@H](F)C1. The van der Waals surface area contributed by atoms with Crippen LogP contribution in [-0.2, 0) is 4.79 Å². The van der Waals surface area contributed by atoms with Gasteiger partial charge in [-0.3, -0.25) is 9.20 Å². The summed E-state index contributed by atoms with van der Waals surface area (Å²) >= 11 is 0. The molecule has 1 saturated heterocycles. The molecule has 1 aliphatic heterocycles. The molecule has 7 heteroatoms. The fraction of sp³-hybridized carbons (Fsp3) is 0.350. The summed E-state index contributed by atoms with van der Waals surface area (Å²) < 4.78 is 15.2. The number of carbonyl (C=O) groups is 1. The van der Waals surface area contributed by atoms with Crippen LogP contribution in [0.2, 0.25) is 0 Å². The highest BCUT2D eigenvalue weighted by molar-refractivity contribution is 5.83. The van der Waals surface area contributed by atoms with Crippen LogP contribution in [-0.4, -0.2) is 50.7 Å². The minimum absolute atomic E-state index is 0.148. The molecule has 1 aromatic carbocycles. The lowest BCUT2D eigenvalue weighted by atomic mass is 9.91. The van der Waals surface area contributed by atoms with Gasteiger partial charge in [0.25, 0.3) is 0 Å². The summed E-state index contributed by atoms with van der Waals surface area (Å²) in [4.78, 5) is 14.0. The van der Waals surface area contributed by atoms with Crippen molar-refractivity contribution in [3.63, 3.8) is 0 Å². The van der Waals surface area contributed by atoms with Gasteiger partial charge in [-0.1, -0.05) is 31.2 Å². The molecule has 3 atom stereocenters. The van der Waals surface area contributed by atoms with Crippen molar-refractivity contribution in [3.8, 4) is 11.1 Å². The van der Waals surface area contributed by atoms with Crippen LogP contribution >= 0.6 is 0 Å². The average Bonchev–Trinajstić information content (AvgIpc) is 3.34. The third kappa shape index (κ3) is 3.42. The molecule has 0 unspecified atom stereocenters. The van der Waals surface area contributed by atoms with E-state index in [2.05, 4.69) is 10.2 Å². The zero-order valence-electron chi connectivity index (χ0n) is 15.1. The van der Waals surface area contributed by atoms with Gasteiger partial charge < -0.3 is 10.6 Å². The van der Waals surface area contributed by atoms with Crippen LogP contribution in [0.15, 0.2) is 48.9 Å². The van der Waals surface area contributed by atoms with Crippen LogP contribution in [0, 0.1) is 0 Å². The van der Waals surface area contributed by atoms with Gasteiger partial charge in [-0.15, -0.1) is 10.2 Å². The molecule has 0 radical (unpaired) electrons. The Hall–Kier alpha value is -2.80. The van der Waals surface area contributed by atoms with E-state index >= 15 is 0 Å². The van der Waals surface area contributed by atoms with Crippen molar-refractivity contribution in [2.45, 2.75) is 31.5 Å². The van der Waals surface area contributed by atoms with E-state index in [0.29, 0.717) is 13.0 Å². The Labute approximate surface area is 156 Å². The largest absolute Gasteiger partial charge is 0.338 e. The van der Waals surface area contributed by atoms with Crippen LogP contribution in [0.4, 0.5) is 4.39 Å². The molecule has 2 aromatic heterocycles. The van der Waals surface area contributed by atoms with Crippen molar-refractivity contribution in [3.05, 3.63) is 54.5 Å². The summed E-state index contributed by atoms with van der Waals surface area (Å²) in [5.41, 5.74) is 10.1. The number of hydrogen-bond acceptors (Lipinski definition) is 4. The maximum Gasteiger partial charge on any atom is 0.240 e. The first-order valence-electron chi connectivity index (χ1n) is 9.11. The van der Waals surface area contributed by atoms with Gasteiger partial charge in [0.2, 0.25) is 5.91 Å². The second-order valence-electron chi connectivity index (χ2n) is 7.12. The molecule has 0 aliphatic carbocycles. The number of benzene rings is 1. The maximum atomic E-state index is 13.4. The molecule has 1 amide bonds. The predicted molar refractivity (Wildman–Crippen MR) is 101 cm³/mol. The number of alkyl halides is 1. The number of carbonyl (C=O) groups excluding carboxylic acids is 1. The van der Waals surface area contributed by atoms with Crippen molar-refractivity contribution in [2.24, 2.45) is 5.73 Å². The lowest BCUT2D eigenvalue weighted by Gasteiger charge is -2.25. The minimum Gasteiger partial charge on any atom is -0.338 e. The predicted octanol–water partition coefficient (Wildman–Crippen LogP) is 2.40. The van der Waals surface area contributed by atoms with E-state index in [9.17, 15) is 9.18 Å². The minimum atomic E-state index is -0.932. The third-order valence-corrected chi connectivity index (χ3v) is 5.33. The molecule has 4 rings (SSSR count). The number of nitrogens with zero attached hydrogens (tertiary/aromatic N) is 4. The van der Waals surface area contributed by atoms with Crippen LogP contribution in [0.3, 0.4) is 0 Å². The first-order chi connectivity index (χ1) is 13.0. The molecule has 1 aliphatic rings. The summed E-state index contributed by atoms with van der Waals surface area (Å²) in [6.45, 7) is 2.54. The molecule has 140 valence electrons. The molecule has 0 bridgehead atoms. The van der Waals surface area contributed by atoms with Gasteiger partial charge in [0.15, 0.2) is 5.65 Å². The quantitative estimate of drug-likeness (QED) is 0.768. The zero-order valence-corrected chi connectivity index (χ0v) is 15.1. The monoisotopic (exact) mass is 367 g/mol. The summed E-state index contributed by atoms with van der Waals surface area (Å²) in [5, 5.41) is 7.89. The number of fused-ring (bicyclic) bond motifs is 1. The zero-order chi connectivity index (χ0) is 19.0. The molecule has 27 heavy (non-hydrogen) atoms. The van der Waals surface area contributed by atoms with E-state index in [-0.39, 0.29) is 18.4 Å². The molecule has 0 saturated carbocycles. The fourth-order valence-electron chi connectivity index (χ4n) is 3.53. The van der Waals surface area contributed by atoms with Gasteiger partial charge in [-0.2, -0.15) is 0 Å². The summed E-state index contributed by atoms with van der Waals surface area (Å²) in [5.74, 6) is -0.324. The highest BCUT2D eigenvalue weighted by Crippen LogP contribution is 2.25. The highest BCUT2D eigenvalue weighted by Gasteiger charge is 2.32. The highest BCUT2D eigenvalue weighted by atomic mass is 19.1. The maximum absolute atomic E-state index is 13.4. The Morgan fingerprint density at radius 1 is 1.22 bits per heavy atom. The van der Waals surface area contributed by atoms with Crippen LogP contribution < -0.4 is 5.73 Å². The smallest absolute Gasteiger partial charge is 0.240 e. The number of amides is 1. The average molecular weight is 367 g/mol. The molecule has 3 heterocycles. The molecule has 2 N–H and O–H groups in total. The second kappa shape index (κ2) is 7.08. The molecule has 1 fully saturated rings. The Balaban J connectivity index is 1.50. The number of hydrogen-bond donors (Lipinski definition) is 1. The van der Waals surface area contributed by atoms with Crippen molar-refractivity contribution in [1.82, 2.24) is 19.5 Å².